The number of furan rings is 1. The number of rotatable bonds is 4. The number of nitro groups is 1. The summed E-state index contributed by atoms with van der Waals surface area (Å²) in [6, 6.07) is 7.93. The van der Waals surface area contributed by atoms with E-state index < -0.39 is 4.92 Å². The molecule has 2 heterocycles. The third-order valence-electron chi connectivity index (χ3n) is 3.93. The topological polar surface area (TPSA) is 97.8 Å². The predicted molar refractivity (Wildman–Crippen MR) is 86.1 cm³/mol. The summed E-state index contributed by atoms with van der Waals surface area (Å²) in [7, 11) is 1.50. The number of ether oxygens (including phenoxy) is 1. The molecule has 2 aromatic rings. The van der Waals surface area contributed by atoms with E-state index in [-0.39, 0.29) is 23.3 Å². The van der Waals surface area contributed by atoms with Gasteiger partial charge in [-0.05, 0) is 18.2 Å². The molecule has 1 aliphatic heterocycles. The molecule has 1 aromatic carbocycles. The van der Waals surface area contributed by atoms with Crippen molar-refractivity contribution in [2.45, 2.75) is 6.10 Å². The minimum atomic E-state index is -0.513. The molecular formula is C16H17N3O5. The van der Waals surface area contributed by atoms with Crippen LogP contribution >= 0.6 is 0 Å². The third kappa shape index (κ3) is 3.09. The molecule has 0 saturated carbocycles. The lowest BCUT2D eigenvalue weighted by Crippen LogP contribution is -2.39. The standard InChI is InChI=1S/C16H17N3O5/c1-17-16(20)12-9-11(19(21)22)4-5-13(12)18-6-8-24-15(10-18)14-3-2-7-23-14/h2-5,7,9,15H,6,8,10H2,1H3,(H,17,20). The number of nitro benzene ring substituents is 1. The van der Waals surface area contributed by atoms with Crippen LogP contribution in [0, 0.1) is 10.1 Å². The molecule has 8 heteroatoms. The maximum Gasteiger partial charge on any atom is 0.270 e. The van der Waals surface area contributed by atoms with E-state index >= 15 is 0 Å². The van der Waals surface area contributed by atoms with E-state index in [4.69, 9.17) is 9.15 Å². The van der Waals surface area contributed by atoms with Crippen LogP contribution in [0.1, 0.15) is 22.2 Å². The Labute approximate surface area is 138 Å². The number of carbonyl (C=O) groups excluding carboxylic acids is 1. The van der Waals surface area contributed by atoms with Gasteiger partial charge in [-0.2, -0.15) is 0 Å². The van der Waals surface area contributed by atoms with Crippen molar-refractivity contribution < 1.29 is 18.9 Å². The molecule has 0 aliphatic carbocycles. The SMILES string of the molecule is CNC(=O)c1cc([N+](=O)[O-])ccc1N1CCOC(c2ccco2)C1. The molecule has 1 saturated heterocycles. The molecule has 1 unspecified atom stereocenters. The predicted octanol–water partition coefficient (Wildman–Crippen LogP) is 2.13. The van der Waals surface area contributed by atoms with E-state index in [1.54, 1.807) is 18.4 Å². The average Bonchev–Trinajstić information content (AvgIpc) is 3.15. The van der Waals surface area contributed by atoms with Crippen molar-refractivity contribution in [2.24, 2.45) is 0 Å². The summed E-state index contributed by atoms with van der Waals surface area (Å²) in [6.07, 6.45) is 1.33. The van der Waals surface area contributed by atoms with Crippen LogP contribution in [0.15, 0.2) is 41.0 Å². The van der Waals surface area contributed by atoms with Crippen molar-refractivity contribution >= 4 is 17.3 Å². The van der Waals surface area contributed by atoms with Gasteiger partial charge in [0.15, 0.2) is 0 Å². The van der Waals surface area contributed by atoms with Gasteiger partial charge in [0.05, 0.1) is 35.6 Å². The normalized spacial score (nSPS) is 17.5. The molecule has 1 fully saturated rings. The molecular weight excluding hydrogens is 314 g/mol. The molecule has 1 atom stereocenters. The largest absolute Gasteiger partial charge is 0.467 e. The van der Waals surface area contributed by atoms with Crippen LogP contribution in [0.3, 0.4) is 0 Å². The summed E-state index contributed by atoms with van der Waals surface area (Å²) < 4.78 is 11.1. The highest BCUT2D eigenvalue weighted by molar-refractivity contribution is 6.00. The van der Waals surface area contributed by atoms with Gasteiger partial charge >= 0.3 is 0 Å². The monoisotopic (exact) mass is 331 g/mol. The van der Waals surface area contributed by atoms with Crippen LogP contribution in [-0.4, -0.2) is 37.6 Å². The lowest BCUT2D eigenvalue weighted by molar-refractivity contribution is -0.384. The van der Waals surface area contributed by atoms with Crippen molar-refractivity contribution in [3.8, 4) is 0 Å². The van der Waals surface area contributed by atoms with Gasteiger partial charge in [-0.25, -0.2) is 0 Å². The smallest absolute Gasteiger partial charge is 0.270 e. The van der Waals surface area contributed by atoms with Crippen LogP contribution in [0.25, 0.3) is 0 Å². The number of carbonyl (C=O) groups is 1. The van der Waals surface area contributed by atoms with Crippen molar-refractivity contribution in [2.75, 3.05) is 31.6 Å². The maximum absolute atomic E-state index is 12.2. The second kappa shape index (κ2) is 6.71. The van der Waals surface area contributed by atoms with Gasteiger partial charge in [-0.3, -0.25) is 14.9 Å². The zero-order valence-electron chi connectivity index (χ0n) is 13.1. The quantitative estimate of drug-likeness (QED) is 0.681. The first-order valence-electron chi connectivity index (χ1n) is 7.50. The van der Waals surface area contributed by atoms with Gasteiger partial charge in [0.25, 0.3) is 11.6 Å². The average molecular weight is 331 g/mol. The summed E-state index contributed by atoms with van der Waals surface area (Å²) in [5.41, 5.74) is 0.791. The van der Waals surface area contributed by atoms with Gasteiger partial charge in [0.2, 0.25) is 0 Å². The van der Waals surface area contributed by atoms with Crippen LogP contribution in [-0.2, 0) is 4.74 Å². The zero-order valence-corrected chi connectivity index (χ0v) is 13.1. The number of morpholine rings is 1. The first-order chi connectivity index (χ1) is 11.6. The van der Waals surface area contributed by atoms with Crippen LogP contribution in [0.4, 0.5) is 11.4 Å². The molecule has 24 heavy (non-hydrogen) atoms. The van der Waals surface area contributed by atoms with E-state index in [0.717, 1.165) is 0 Å². The number of anilines is 1. The third-order valence-corrected chi connectivity index (χ3v) is 3.93. The number of nitrogens with zero attached hydrogens (tertiary/aromatic N) is 2. The van der Waals surface area contributed by atoms with E-state index in [1.807, 2.05) is 11.0 Å². The van der Waals surface area contributed by atoms with Gasteiger partial charge < -0.3 is 19.4 Å². The molecule has 0 radical (unpaired) electrons. The highest BCUT2D eigenvalue weighted by Crippen LogP contribution is 2.30. The summed E-state index contributed by atoms with van der Waals surface area (Å²) >= 11 is 0. The number of benzene rings is 1. The highest BCUT2D eigenvalue weighted by atomic mass is 16.6. The Morgan fingerprint density at radius 3 is 2.92 bits per heavy atom. The minimum absolute atomic E-state index is 0.117. The Balaban J connectivity index is 1.92. The van der Waals surface area contributed by atoms with Crippen molar-refractivity contribution in [3.05, 3.63) is 58.0 Å². The Morgan fingerprint density at radius 1 is 1.42 bits per heavy atom. The molecule has 8 nitrogen and oxygen atoms in total. The molecule has 0 spiro atoms. The number of amides is 1. The number of nitrogens with one attached hydrogen (secondary N) is 1. The number of non-ortho nitro benzene ring substituents is 1. The lowest BCUT2D eigenvalue weighted by atomic mass is 10.1. The highest BCUT2D eigenvalue weighted by Gasteiger charge is 2.27. The fourth-order valence-corrected chi connectivity index (χ4v) is 2.74. The molecule has 1 amide bonds. The van der Waals surface area contributed by atoms with E-state index in [1.165, 1.54) is 19.2 Å². The lowest BCUT2D eigenvalue weighted by Gasteiger charge is -2.34. The molecule has 3 rings (SSSR count). The first kappa shape index (κ1) is 16.0. The van der Waals surface area contributed by atoms with Gasteiger partial charge in [-0.15, -0.1) is 0 Å². The van der Waals surface area contributed by atoms with Crippen LogP contribution in [0.5, 0.6) is 0 Å². The molecule has 0 bridgehead atoms. The molecule has 1 aromatic heterocycles. The Morgan fingerprint density at radius 2 is 2.25 bits per heavy atom. The van der Waals surface area contributed by atoms with Crippen molar-refractivity contribution in [3.63, 3.8) is 0 Å². The van der Waals surface area contributed by atoms with Gasteiger partial charge in [0.1, 0.15) is 11.9 Å². The van der Waals surface area contributed by atoms with Crippen molar-refractivity contribution in [1.29, 1.82) is 0 Å². The molecule has 1 N–H and O–H groups in total. The zero-order chi connectivity index (χ0) is 17.1. The maximum atomic E-state index is 12.2. The number of hydrogen-bond acceptors (Lipinski definition) is 6. The summed E-state index contributed by atoms with van der Waals surface area (Å²) in [6.45, 7) is 1.55. The van der Waals surface area contributed by atoms with Crippen LogP contribution < -0.4 is 10.2 Å². The van der Waals surface area contributed by atoms with Crippen molar-refractivity contribution in [1.82, 2.24) is 5.32 Å². The van der Waals surface area contributed by atoms with Gasteiger partial charge in [-0.1, -0.05) is 0 Å². The second-order valence-electron chi connectivity index (χ2n) is 5.36. The number of hydrogen-bond donors (Lipinski definition) is 1. The summed E-state index contributed by atoms with van der Waals surface area (Å²) in [5, 5.41) is 13.5. The van der Waals surface area contributed by atoms with E-state index in [2.05, 4.69) is 5.32 Å². The van der Waals surface area contributed by atoms with Gasteiger partial charge in [0, 0.05) is 25.7 Å². The second-order valence-corrected chi connectivity index (χ2v) is 5.36. The molecule has 126 valence electrons. The van der Waals surface area contributed by atoms with E-state index in [0.29, 0.717) is 31.1 Å². The fourth-order valence-electron chi connectivity index (χ4n) is 2.74. The Bertz CT molecular complexity index is 744. The Kier molecular flexibility index (Phi) is 4.48. The first-order valence-corrected chi connectivity index (χ1v) is 7.50. The molecule has 1 aliphatic rings. The fraction of sp³-hybridized carbons (Fsp3) is 0.312. The Hall–Kier alpha value is -2.87. The van der Waals surface area contributed by atoms with E-state index in [9.17, 15) is 14.9 Å². The summed E-state index contributed by atoms with van der Waals surface area (Å²) in [5.74, 6) is 0.345. The van der Waals surface area contributed by atoms with Crippen LogP contribution in [0.2, 0.25) is 0 Å². The minimum Gasteiger partial charge on any atom is -0.467 e. The summed E-state index contributed by atoms with van der Waals surface area (Å²) in [4.78, 5) is 24.6.